The van der Waals surface area contributed by atoms with Crippen molar-refractivity contribution in [2.75, 3.05) is 40.9 Å². The molecule has 238 valence electrons. The lowest BCUT2D eigenvalue weighted by atomic mass is 10.2. The van der Waals surface area contributed by atoms with E-state index in [1.54, 1.807) is 43.0 Å². The maximum absolute atomic E-state index is 14.5. The normalized spacial score (nSPS) is 16.3. The molecule has 1 amide bonds. The third-order valence-corrected chi connectivity index (χ3v) is 9.96. The first-order valence-electron chi connectivity index (χ1n) is 15.0. The molecule has 7 rings (SSSR count). The van der Waals surface area contributed by atoms with Crippen molar-refractivity contribution in [1.82, 2.24) is 18.7 Å². The number of thioether (sulfide) groups is 1. The second-order valence-electron chi connectivity index (χ2n) is 11.4. The fourth-order valence-corrected chi connectivity index (χ4v) is 7.39. The van der Waals surface area contributed by atoms with Gasteiger partial charge in [-0.25, -0.2) is 14.1 Å². The molecule has 2 aliphatic heterocycles. The van der Waals surface area contributed by atoms with E-state index in [0.717, 1.165) is 17.3 Å². The average molecular weight is 668 g/mol. The molecule has 5 heterocycles. The number of amides is 1. The first-order chi connectivity index (χ1) is 22.7. The van der Waals surface area contributed by atoms with Crippen molar-refractivity contribution in [2.45, 2.75) is 13.8 Å². The van der Waals surface area contributed by atoms with Crippen LogP contribution in [0.1, 0.15) is 16.8 Å². The minimum absolute atomic E-state index is 0.163. The number of aryl methyl sites for hydroxylation is 1. The summed E-state index contributed by atoms with van der Waals surface area (Å²) in [4.78, 5) is 52.3. The van der Waals surface area contributed by atoms with Gasteiger partial charge in [-0.15, -0.1) is 0 Å². The number of hydrogen-bond donors (Lipinski definition) is 0. The van der Waals surface area contributed by atoms with E-state index in [-0.39, 0.29) is 37.4 Å². The molecule has 10 nitrogen and oxygen atoms in total. The summed E-state index contributed by atoms with van der Waals surface area (Å²) in [5, 5.41) is 0. The van der Waals surface area contributed by atoms with Crippen LogP contribution in [-0.4, -0.2) is 55.2 Å². The van der Waals surface area contributed by atoms with Gasteiger partial charge in [-0.2, -0.15) is 0 Å². The topological polar surface area (TPSA) is 88.1 Å². The first kappa shape index (κ1) is 30.6. The molecule has 0 spiro atoms. The van der Waals surface area contributed by atoms with E-state index in [9.17, 15) is 18.8 Å². The Morgan fingerprint density at radius 3 is 2.28 bits per heavy atom. The number of nitrogens with zero attached hydrogens (tertiary/aromatic N) is 7. The predicted molar refractivity (Wildman–Crippen MR) is 188 cm³/mol. The molecule has 2 aromatic carbocycles. The van der Waals surface area contributed by atoms with Crippen LogP contribution < -0.4 is 25.8 Å². The summed E-state index contributed by atoms with van der Waals surface area (Å²) in [7, 11) is 1.75. The van der Waals surface area contributed by atoms with Gasteiger partial charge in [0.05, 0.1) is 27.5 Å². The van der Waals surface area contributed by atoms with E-state index < -0.39 is 5.91 Å². The maximum Gasteiger partial charge on any atom is 0.296 e. The van der Waals surface area contributed by atoms with Crippen molar-refractivity contribution in [3.63, 3.8) is 0 Å². The van der Waals surface area contributed by atoms with E-state index >= 15 is 0 Å². The monoisotopic (exact) mass is 667 g/mol. The lowest BCUT2D eigenvalue weighted by Gasteiger charge is -2.37. The smallest absolute Gasteiger partial charge is 0.296 e. The molecule has 13 heteroatoms. The summed E-state index contributed by atoms with van der Waals surface area (Å²) in [6.45, 7) is 5.63. The number of fused-ring (bicyclic) bond motifs is 1. The number of benzene rings is 2. The lowest BCUT2D eigenvalue weighted by molar-refractivity contribution is -0.113. The first-order valence-corrected chi connectivity index (χ1v) is 16.3. The summed E-state index contributed by atoms with van der Waals surface area (Å²) in [5.74, 6) is -0.342. The van der Waals surface area contributed by atoms with Crippen molar-refractivity contribution in [1.29, 1.82) is 0 Å². The zero-order valence-electron chi connectivity index (χ0n) is 25.9. The van der Waals surface area contributed by atoms with Crippen molar-refractivity contribution in [3.8, 4) is 5.69 Å². The Hall–Kier alpha value is -5.01. The van der Waals surface area contributed by atoms with Crippen LogP contribution in [-0.2, 0) is 11.8 Å². The third-order valence-electron chi connectivity index (χ3n) is 8.65. The van der Waals surface area contributed by atoms with Gasteiger partial charge in [0.2, 0.25) is 0 Å². The summed E-state index contributed by atoms with van der Waals surface area (Å²) < 4.78 is 19.4. The van der Waals surface area contributed by atoms with Crippen LogP contribution in [0, 0.1) is 19.7 Å². The van der Waals surface area contributed by atoms with Gasteiger partial charge in [0.15, 0.2) is 4.32 Å². The number of carbonyl (C=O) groups excluding carboxylic acids is 1. The van der Waals surface area contributed by atoms with Crippen LogP contribution in [0.3, 0.4) is 0 Å². The minimum Gasteiger partial charge on any atom is -0.366 e. The largest absolute Gasteiger partial charge is 0.366 e. The van der Waals surface area contributed by atoms with Crippen molar-refractivity contribution < 1.29 is 9.18 Å². The number of piperazine rings is 1. The molecule has 3 aromatic heterocycles. The van der Waals surface area contributed by atoms with Crippen LogP contribution >= 0.6 is 24.0 Å². The third kappa shape index (κ3) is 5.15. The maximum atomic E-state index is 14.5. The molecule has 0 unspecified atom stereocenters. The van der Waals surface area contributed by atoms with Gasteiger partial charge in [-0.05, 0) is 55.8 Å². The molecular formula is C34H30FN7O3S2. The molecule has 0 atom stereocenters. The fourth-order valence-electron chi connectivity index (χ4n) is 6.14. The van der Waals surface area contributed by atoms with Gasteiger partial charge in [-0.3, -0.25) is 28.4 Å². The highest BCUT2D eigenvalue weighted by molar-refractivity contribution is 8.27. The summed E-state index contributed by atoms with van der Waals surface area (Å²) in [6.07, 6.45) is 3.19. The Morgan fingerprint density at radius 1 is 0.872 bits per heavy atom. The van der Waals surface area contributed by atoms with Crippen LogP contribution in [0.15, 0.2) is 87.4 Å². The zero-order valence-corrected chi connectivity index (χ0v) is 27.5. The highest BCUT2D eigenvalue weighted by atomic mass is 32.2. The zero-order chi connectivity index (χ0) is 33.0. The number of carbonyl (C=O) groups is 1. The van der Waals surface area contributed by atoms with Crippen LogP contribution in [0.5, 0.6) is 0 Å². The van der Waals surface area contributed by atoms with Gasteiger partial charge < -0.3 is 9.80 Å². The van der Waals surface area contributed by atoms with Gasteiger partial charge in [0.1, 0.15) is 23.0 Å². The Bertz CT molecular complexity index is 2230. The van der Waals surface area contributed by atoms with E-state index in [1.807, 2.05) is 59.2 Å². The molecule has 0 saturated carbocycles. The second kappa shape index (κ2) is 12.0. The van der Waals surface area contributed by atoms with Gasteiger partial charge >= 0.3 is 0 Å². The van der Waals surface area contributed by atoms with E-state index in [2.05, 4.69) is 0 Å². The number of anilines is 3. The van der Waals surface area contributed by atoms with E-state index in [0.29, 0.717) is 54.7 Å². The number of thiocarbonyl (C=S) groups is 1. The molecule has 0 bridgehead atoms. The van der Waals surface area contributed by atoms with Crippen LogP contribution in [0.4, 0.5) is 21.6 Å². The SMILES string of the molecule is Cc1cccn2c(=O)c(C=C3SC(=S)N(c4c(C)n(C)n(-c5ccccc5)c4=O)C3=O)c(N3CCN(c4ccccc4F)CC3)nc12. The number of hydrogen-bond acceptors (Lipinski definition) is 8. The number of para-hydroxylation sites is 2. The standard InChI is InChI=1S/C34H30FN7O3S2/c1-21-10-9-15-40-29(21)36-30(39-18-16-38(17-19-39)26-14-8-7-13-25(26)35)24(31(40)43)20-27-32(44)41(34(46)47-27)28-22(2)37(3)42(33(28)45)23-11-5-4-6-12-23/h4-15,20H,16-19H2,1-3H3. The fraction of sp³-hybridized carbons (Fsp3) is 0.206. The molecule has 0 radical (unpaired) electrons. The Balaban J connectivity index is 1.29. The van der Waals surface area contributed by atoms with Gasteiger partial charge in [-0.1, -0.05) is 60.4 Å². The lowest BCUT2D eigenvalue weighted by Crippen LogP contribution is -2.47. The second-order valence-corrected chi connectivity index (χ2v) is 13.1. The molecule has 47 heavy (non-hydrogen) atoms. The minimum atomic E-state index is -0.491. The predicted octanol–water partition coefficient (Wildman–Crippen LogP) is 4.67. The number of pyridine rings is 1. The average Bonchev–Trinajstić information content (AvgIpc) is 3.47. The van der Waals surface area contributed by atoms with Crippen molar-refractivity contribution in [2.24, 2.45) is 7.05 Å². The molecular weight excluding hydrogens is 638 g/mol. The van der Waals surface area contributed by atoms with Gasteiger partial charge in [0, 0.05) is 39.4 Å². The molecule has 5 aromatic rings. The van der Waals surface area contributed by atoms with E-state index in [1.165, 1.54) is 26.1 Å². The number of halogens is 1. The molecule has 2 aliphatic rings. The van der Waals surface area contributed by atoms with Crippen molar-refractivity contribution >= 4 is 63.1 Å². The Labute approximate surface area is 278 Å². The number of aromatic nitrogens is 4. The molecule has 2 fully saturated rings. The molecule has 0 aliphatic carbocycles. The van der Waals surface area contributed by atoms with Crippen LogP contribution in [0.25, 0.3) is 17.4 Å². The highest BCUT2D eigenvalue weighted by Gasteiger charge is 2.38. The van der Waals surface area contributed by atoms with E-state index in [4.69, 9.17) is 17.2 Å². The Morgan fingerprint density at radius 2 is 1.55 bits per heavy atom. The Kier molecular flexibility index (Phi) is 7.80. The molecule has 0 N–H and O–H groups in total. The summed E-state index contributed by atoms with van der Waals surface area (Å²) in [5.41, 5.74) is 2.76. The van der Waals surface area contributed by atoms with Crippen molar-refractivity contribution in [3.05, 3.63) is 121 Å². The van der Waals surface area contributed by atoms with Gasteiger partial charge in [0.25, 0.3) is 17.0 Å². The highest BCUT2D eigenvalue weighted by Crippen LogP contribution is 2.37. The summed E-state index contributed by atoms with van der Waals surface area (Å²) >= 11 is 6.70. The van der Waals surface area contributed by atoms with Crippen LogP contribution in [0.2, 0.25) is 0 Å². The molecule has 2 saturated heterocycles. The quantitative estimate of drug-likeness (QED) is 0.198. The summed E-state index contributed by atoms with van der Waals surface area (Å²) in [6, 6.07) is 19.5. The number of rotatable bonds is 5.